The fourth-order valence-corrected chi connectivity index (χ4v) is 4.45. The predicted molar refractivity (Wildman–Crippen MR) is 116 cm³/mol. The lowest BCUT2D eigenvalue weighted by Gasteiger charge is -2.42. The molecule has 1 aromatic rings. The van der Waals surface area contributed by atoms with Crippen LogP contribution in [0, 0.1) is 5.92 Å². The zero-order valence-corrected chi connectivity index (χ0v) is 18.0. The molecule has 2 fully saturated rings. The van der Waals surface area contributed by atoms with Crippen LogP contribution in [0.15, 0.2) is 30.3 Å². The Morgan fingerprint density at radius 2 is 1.79 bits per heavy atom. The van der Waals surface area contributed by atoms with E-state index < -0.39 is 0 Å². The molecule has 29 heavy (non-hydrogen) atoms. The van der Waals surface area contributed by atoms with E-state index >= 15 is 0 Å². The Morgan fingerprint density at radius 1 is 1.07 bits per heavy atom. The summed E-state index contributed by atoms with van der Waals surface area (Å²) in [5.41, 5.74) is 1.26. The second-order valence-corrected chi connectivity index (χ2v) is 8.66. The number of nitrogens with one attached hydrogen (secondary N) is 1. The highest BCUT2D eigenvalue weighted by atomic mass is 16.2. The van der Waals surface area contributed by atoms with Crippen LogP contribution >= 0.6 is 0 Å². The lowest BCUT2D eigenvalue weighted by atomic mass is 9.93. The molecule has 2 aliphatic heterocycles. The Labute approximate surface area is 175 Å². The third kappa shape index (κ3) is 6.54. The number of nitrogens with zero attached hydrogens (tertiary/aromatic N) is 3. The van der Waals surface area contributed by atoms with E-state index in [0.717, 1.165) is 58.3 Å². The highest BCUT2D eigenvalue weighted by Gasteiger charge is 2.31. The summed E-state index contributed by atoms with van der Waals surface area (Å²) in [6, 6.07) is 10.8. The van der Waals surface area contributed by atoms with Gasteiger partial charge in [-0.05, 0) is 44.2 Å². The molecule has 0 aliphatic carbocycles. The summed E-state index contributed by atoms with van der Waals surface area (Å²) >= 11 is 0. The van der Waals surface area contributed by atoms with Crippen LogP contribution in [-0.2, 0) is 16.0 Å². The van der Waals surface area contributed by atoms with Crippen LogP contribution in [0.25, 0.3) is 0 Å². The molecule has 0 bridgehead atoms. The number of hydrogen-bond acceptors (Lipinski definition) is 4. The molecular formula is C23H36N4O2. The van der Waals surface area contributed by atoms with E-state index in [4.69, 9.17) is 0 Å². The summed E-state index contributed by atoms with van der Waals surface area (Å²) in [7, 11) is 3.63. The van der Waals surface area contributed by atoms with E-state index in [1.807, 2.05) is 32.3 Å². The number of likely N-dealkylation sites (N-methyl/N-ethyl adjacent to an activating group) is 1. The SMILES string of the molecule is CN(C)C(=O)CN1CCC(N2CCC[C@H](C(=O)NCCc3ccccc3)C2)CC1. The maximum absolute atomic E-state index is 12.7. The van der Waals surface area contributed by atoms with Crippen molar-refractivity contribution < 1.29 is 9.59 Å². The number of likely N-dealkylation sites (tertiary alicyclic amines) is 2. The molecule has 0 spiro atoms. The monoisotopic (exact) mass is 400 g/mol. The van der Waals surface area contributed by atoms with Crippen LogP contribution in [0.5, 0.6) is 0 Å². The third-order valence-corrected chi connectivity index (χ3v) is 6.31. The van der Waals surface area contributed by atoms with Gasteiger partial charge in [0.1, 0.15) is 0 Å². The summed E-state index contributed by atoms with van der Waals surface area (Å²) in [5.74, 6) is 0.487. The van der Waals surface area contributed by atoms with Crippen LogP contribution in [0.2, 0.25) is 0 Å². The number of benzene rings is 1. The normalized spacial score (nSPS) is 21.7. The van der Waals surface area contributed by atoms with Crippen molar-refractivity contribution in [1.29, 1.82) is 0 Å². The van der Waals surface area contributed by atoms with Crippen LogP contribution in [-0.4, -0.2) is 85.9 Å². The molecule has 3 rings (SSSR count). The fourth-order valence-electron chi connectivity index (χ4n) is 4.45. The Bertz CT molecular complexity index is 656. The smallest absolute Gasteiger partial charge is 0.236 e. The molecule has 2 aliphatic rings. The fraction of sp³-hybridized carbons (Fsp3) is 0.652. The standard InChI is InChI=1S/C23H36N4O2/c1-25(2)22(28)18-26-15-11-21(12-16-26)27-14-6-9-20(17-27)23(29)24-13-10-19-7-4-3-5-8-19/h3-5,7-8,20-21H,6,9-18H2,1-2H3,(H,24,29)/t20-/m0/s1. The van der Waals surface area contributed by atoms with Gasteiger partial charge in [-0.1, -0.05) is 30.3 Å². The summed E-state index contributed by atoms with van der Waals surface area (Å²) in [6.07, 6.45) is 5.14. The number of carbonyl (C=O) groups is 2. The number of rotatable bonds is 7. The van der Waals surface area contributed by atoms with E-state index in [0.29, 0.717) is 19.1 Å². The first kappa shape index (κ1) is 21.8. The Morgan fingerprint density at radius 3 is 2.48 bits per heavy atom. The van der Waals surface area contributed by atoms with Gasteiger partial charge in [-0.15, -0.1) is 0 Å². The van der Waals surface area contributed by atoms with Gasteiger partial charge in [0.2, 0.25) is 11.8 Å². The van der Waals surface area contributed by atoms with Crippen LogP contribution in [0.4, 0.5) is 0 Å². The molecule has 0 aromatic heterocycles. The van der Waals surface area contributed by atoms with E-state index in [1.165, 1.54) is 5.56 Å². The van der Waals surface area contributed by atoms with Crippen molar-refractivity contribution >= 4 is 11.8 Å². The Hall–Kier alpha value is -1.92. The van der Waals surface area contributed by atoms with Crippen LogP contribution in [0.3, 0.4) is 0 Å². The highest BCUT2D eigenvalue weighted by molar-refractivity contribution is 5.79. The topological polar surface area (TPSA) is 55.9 Å². The first-order valence-electron chi connectivity index (χ1n) is 11.0. The Kier molecular flexibility index (Phi) is 8.07. The highest BCUT2D eigenvalue weighted by Crippen LogP contribution is 2.24. The molecule has 160 valence electrons. The number of hydrogen-bond donors (Lipinski definition) is 1. The molecule has 1 atom stereocenters. The van der Waals surface area contributed by atoms with Crippen molar-refractivity contribution in [3.8, 4) is 0 Å². The second kappa shape index (κ2) is 10.7. The minimum Gasteiger partial charge on any atom is -0.355 e. The van der Waals surface area contributed by atoms with Crippen molar-refractivity contribution in [1.82, 2.24) is 20.0 Å². The minimum atomic E-state index is 0.105. The van der Waals surface area contributed by atoms with Gasteiger partial charge in [0.15, 0.2) is 0 Å². The molecule has 0 unspecified atom stereocenters. The maximum Gasteiger partial charge on any atom is 0.236 e. The summed E-state index contributed by atoms with van der Waals surface area (Å²) in [6.45, 7) is 5.13. The van der Waals surface area contributed by atoms with E-state index in [2.05, 4.69) is 27.2 Å². The molecule has 2 heterocycles. The summed E-state index contributed by atoms with van der Waals surface area (Å²) in [5, 5.41) is 3.15. The molecule has 2 saturated heterocycles. The molecule has 0 saturated carbocycles. The van der Waals surface area contributed by atoms with Crippen molar-refractivity contribution in [2.75, 3.05) is 53.4 Å². The number of carbonyl (C=O) groups excluding carboxylic acids is 2. The van der Waals surface area contributed by atoms with Gasteiger partial charge in [-0.2, -0.15) is 0 Å². The molecule has 2 amide bonds. The van der Waals surface area contributed by atoms with Crippen molar-refractivity contribution in [3.05, 3.63) is 35.9 Å². The number of piperidine rings is 2. The second-order valence-electron chi connectivity index (χ2n) is 8.66. The molecule has 1 aromatic carbocycles. The average Bonchev–Trinajstić information content (AvgIpc) is 2.75. The zero-order chi connectivity index (χ0) is 20.6. The maximum atomic E-state index is 12.7. The van der Waals surface area contributed by atoms with Crippen LogP contribution in [0.1, 0.15) is 31.2 Å². The van der Waals surface area contributed by atoms with Gasteiger partial charge in [-0.25, -0.2) is 0 Å². The third-order valence-electron chi connectivity index (χ3n) is 6.31. The van der Waals surface area contributed by atoms with Crippen molar-refractivity contribution in [3.63, 3.8) is 0 Å². The summed E-state index contributed by atoms with van der Waals surface area (Å²) < 4.78 is 0. The Balaban J connectivity index is 1.40. The largest absolute Gasteiger partial charge is 0.355 e. The van der Waals surface area contributed by atoms with E-state index in [9.17, 15) is 9.59 Å². The predicted octanol–water partition coefficient (Wildman–Crippen LogP) is 1.61. The number of amides is 2. The molecular weight excluding hydrogens is 364 g/mol. The van der Waals surface area contributed by atoms with Gasteiger partial charge in [0.25, 0.3) is 0 Å². The lowest BCUT2D eigenvalue weighted by molar-refractivity contribution is -0.131. The van der Waals surface area contributed by atoms with Crippen molar-refractivity contribution in [2.45, 2.75) is 38.1 Å². The van der Waals surface area contributed by atoms with Gasteiger partial charge in [0.05, 0.1) is 12.5 Å². The van der Waals surface area contributed by atoms with E-state index in [1.54, 1.807) is 4.90 Å². The van der Waals surface area contributed by atoms with Gasteiger partial charge < -0.3 is 10.2 Å². The van der Waals surface area contributed by atoms with Gasteiger partial charge in [0, 0.05) is 46.3 Å². The molecule has 0 radical (unpaired) electrons. The lowest BCUT2D eigenvalue weighted by Crippen LogP contribution is -2.51. The first-order chi connectivity index (χ1) is 14.0. The zero-order valence-electron chi connectivity index (χ0n) is 18.0. The van der Waals surface area contributed by atoms with E-state index in [-0.39, 0.29) is 17.7 Å². The first-order valence-corrected chi connectivity index (χ1v) is 11.0. The summed E-state index contributed by atoms with van der Waals surface area (Å²) in [4.78, 5) is 31.0. The molecule has 1 N–H and O–H groups in total. The molecule has 6 nitrogen and oxygen atoms in total. The van der Waals surface area contributed by atoms with Gasteiger partial charge in [-0.3, -0.25) is 19.4 Å². The van der Waals surface area contributed by atoms with Crippen molar-refractivity contribution in [2.24, 2.45) is 5.92 Å². The quantitative estimate of drug-likeness (QED) is 0.756. The molecule has 6 heteroatoms. The minimum absolute atomic E-state index is 0.105. The van der Waals surface area contributed by atoms with Gasteiger partial charge >= 0.3 is 0 Å². The van der Waals surface area contributed by atoms with Crippen LogP contribution < -0.4 is 5.32 Å². The average molecular weight is 401 g/mol.